The normalized spacial score (nSPS) is 17.9. The minimum absolute atomic E-state index is 0.0360. The number of ether oxygens (including phenoxy) is 1. The molecule has 11 heteroatoms. The molecule has 1 fully saturated rings. The Morgan fingerprint density at radius 3 is 2.20 bits per heavy atom. The van der Waals surface area contributed by atoms with Gasteiger partial charge in [-0.05, 0) is 31.0 Å². The van der Waals surface area contributed by atoms with Gasteiger partial charge in [0, 0.05) is 19.3 Å². The predicted molar refractivity (Wildman–Crippen MR) is 75.2 cm³/mol. The lowest BCUT2D eigenvalue weighted by atomic mass is 10.1. The molecule has 0 spiro atoms. The Labute approximate surface area is 140 Å². The Bertz CT molecular complexity index is 695. The molecule has 1 heterocycles. The highest BCUT2D eigenvalue weighted by Gasteiger charge is 2.42. The fourth-order valence-electron chi connectivity index (χ4n) is 2.53. The van der Waals surface area contributed by atoms with Crippen LogP contribution in [-0.2, 0) is 20.9 Å². The van der Waals surface area contributed by atoms with E-state index in [0.717, 1.165) is 12.1 Å². The summed E-state index contributed by atoms with van der Waals surface area (Å²) < 4.78 is 107. The standard InChI is InChI=1S/C14H15F6NO3S/c15-13(16,17)9-21(11-4-6-24-7-5-11)25(22,23)12-3-1-2-10(8-12)14(18,19)20/h1-3,8,11H,4-7,9H2. The van der Waals surface area contributed by atoms with Crippen molar-refractivity contribution in [3.63, 3.8) is 0 Å². The summed E-state index contributed by atoms with van der Waals surface area (Å²) in [5.41, 5.74) is -1.24. The predicted octanol–water partition coefficient (Wildman–Crippen LogP) is 3.44. The highest BCUT2D eigenvalue weighted by molar-refractivity contribution is 7.89. The maximum absolute atomic E-state index is 12.9. The molecular formula is C14H15F6NO3S. The molecule has 0 N–H and O–H groups in total. The Balaban J connectivity index is 2.43. The second-order valence-corrected chi connectivity index (χ2v) is 7.43. The molecule has 1 aromatic rings. The van der Waals surface area contributed by atoms with Gasteiger partial charge in [-0.1, -0.05) is 6.07 Å². The monoisotopic (exact) mass is 391 g/mol. The molecule has 1 aliphatic heterocycles. The van der Waals surface area contributed by atoms with Gasteiger partial charge in [0.25, 0.3) is 0 Å². The van der Waals surface area contributed by atoms with Crippen LogP contribution in [0.1, 0.15) is 18.4 Å². The summed E-state index contributed by atoms with van der Waals surface area (Å²) in [6, 6.07) is 1.72. The average molecular weight is 391 g/mol. The molecule has 0 bridgehead atoms. The maximum atomic E-state index is 12.9. The molecule has 1 aliphatic rings. The third kappa shape index (κ3) is 5.08. The van der Waals surface area contributed by atoms with E-state index in [-0.39, 0.29) is 30.4 Å². The molecule has 4 nitrogen and oxygen atoms in total. The van der Waals surface area contributed by atoms with Gasteiger partial charge in [-0.3, -0.25) is 0 Å². The lowest BCUT2D eigenvalue weighted by molar-refractivity contribution is -0.142. The number of halogens is 6. The number of benzene rings is 1. The lowest BCUT2D eigenvalue weighted by Crippen LogP contribution is -2.47. The molecule has 1 saturated heterocycles. The van der Waals surface area contributed by atoms with Crippen LogP contribution in [0.3, 0.4) is 0 Å². The third-order valence-corrected chi connectivity index (χ3v) is 5.60. The molecule has 0 radical (unpaired) electrons. The van der Waals surface area contributed by atoms with Gasteiger partial charge in [0.2, 0.25) is 10.0 Å². The van der Waals surface area contributed by atoms with Gasteiger partial charge in [0.15, 0.2) is 0 Å². The molecule has 0 amide bonds. The van der Waals surface area contributed by atoms with Crippen LogP contribution in [0.15, 0.2) is 29.2 Å². The van der Waals surface area contributed by atoms with Crippen LogP contribution < -0.4 is 0 Å². The highest BCUT2D eigenvalue weighted by Crippen LogP contribution is 2.33. The van der Waals surface area contributed by atoms with Crippen LogP contribution in [0.2, 0.25) is 0 Å². The second-order valence-electron chi connectivity index (χ2n) is 5.53. The first-order valence-electron chi connectivity index (χ1n) is 7.25. The van der Waals surface area contributed by atoms with Crippen LogP contribution in [0.4, 0.5) is 26.3 Å². The van der Waals surface area contributed by atoms with Crippen molar-refractivity contribution in [3.05, 3.63) is 29.8 Å². The van der Waals surface area contributed by atoms with E-state index in [1.807, 2.05) is 0 Å². The first-order valence-corrected chi connectivity index (χ1v) is 8.69. The zero-order valence-corrected chi connectivity index (χ0v) is 13.6. The van der Waals surface area contributed by atoms with Crippen LogP contribution in [0.5, 0.6) is 0 Å². The van der Waals surface area contributed by atoms with E-state index in [2.05, 4.69) is 0 Å². The fraction of sp³-hybridized carbons (Fsp3) is 0.571. The molecule has 2 rings (SSSR count). The van der Waals surface area contributed by atoms with Crippen molar-refractivity contribution in [2.75, 3.05) is 19.8 Å². The van der Waals surface area contributed by atoms with Crippen LogP contribution in [-0.4, -0.2) is 44.7 Å². The van der Waals surface area contributed by atoms with Crippen LogP contribution >= 0.6 is 0 Å². The molecule has 0 unspecified atom stereocenters. The number of alkyl halides is 6. The van der Waals surface area contributed by atoms with Crippen molar-refractivity contribution in [2.45, 2.75) is 36.1 Å². The summed E-state index contributed by atoms with van der Waals surface area (Å²) in [5, 5.41) is 0. The smallest absolute Gasteiger partial charge is 0.381 e. The molecule has 0 aromatic heterocycles. The minimum atomic E-state index is -4.83. The van der Waals surface area contributed by atoms with Gasteiger partial charge in [-0.25, -0.2) is 8.42 Å². The summed E-state index contributed by atoms with van der Waals surface area (Å²) in [6.45, 7) is -1.61. The van der Waals surface area contributed by atoms with Crippen molar-refractivity contribution in [3.8, 4) is 0 Å². The first kappa shape index (κ1) is 20.0. The van der Waals surface area contributed by atoms with Crippen molar-refractivity contribution < 1.29 is 39.5 Å². The first-order chi connectivity index (χ1) is 11.4. The summed E-state index contributed by atoms with van der Waals surface area (Å²) in [4.78, 5) is -0.821. The lowest BCUT2D eigenvalue weighted by Gasteiger charge is -2.33. The van der Waals surface area contributed by atoms with E-state index in [1.54, 1.807) is 0 Å². The molecule has 1 aromatic carbocycles. The van der Waals surface area contributed by atoms with Gasteiger partial charge >= 0.3 is 12.4 Å². The molecule has 25 heavy (non-hydrogen) atoms. The topological polar surface area (TPSA) is 46.6 Å². The SMILES string of the molecule is O=S(=O)(c1cccc(C(F)(F)F)c1)N(CC(F)(F)F)C1CCOCC1. The number of rotatable bonds is 4. The third-order valence-electron chi connectivity index (χ3n) is 3.70. The number of sulfonamides is 1. The van der Waals surface area contributed by atoms with Crippen molar-refractivity contribution >= 4 is 10.0 Å². The van der Waals surface area contributed by atoms with Crippen LogP contribution in [0.25, 0.3) is 0 Å². The van der Waals surface area contributed by atoms with Gasteiger partial charge in [0.05, 0.1) is 10.5 Å². The fourth-order valence-corrected chi connectivity index (χ4v) is 4.25. The zero-order valence-electron chi connectivity index (χ0n) is 12.8. The Hall–Kier alpha value is -1.33. The van der Waals surface area contributed by atoms with Gasteiger partial charge in [-0.2, -0.15) is 30.6 Å². The minimum Gasteiger partial charge on any atom is -0.381 e. The number of nitrogens with zero attached hydrogens (tertiary/aromatic N) is 1. The maximum Gasteiger partial charge on any atom is 0.416 e. The van der Waals surface area contributed by atoms with Crippen molar-refractivity contribution in [1.82, 2.24) is 4.31 Å². The molecule has 0 saturated carbocycles. The summed E-state index contributed by atoms with van der Waals surface area (Å²) in [6.07, 6.45) is -9.56. The zero-order chi connectivity index (χ0) is 18.9. The van der Waals surface area contributed by atoms with Crippen LogP contribution in [0, 0.1) is 0 Å². The van der Waals surface area contributed by atoms with Crippen molar-refractivity contribution in [1.29, 1.82) is 0 Å². The summed E-state index contributed by atoms with van der Waals surface area (Å²) >= 11 is 0. The summed E-state index contributed by atoms with van der Waals surface area (Å²) in [5.74, 6) is 0. The Morgan fingerprint density at radius 1 is 1.08 bits per heavy atom. The van der Waals surface area contributed by atoms with E-state index in [9.17, 15) is 34.8 Å². The molecular weight excluding hydrogens is 376 g/mol. The van der Waals surface area contributed by atoms with Crippen molar-refractivity contribution in [2.24, 2.45) is 0 Å². The number of hydrogen-bond donors (Lipinski definition) is 0. The highest BCUT2D eigenvalue weighted by atomic mass is 32.2. The van der Waals surface area contributed by atoms with Gasteiger partial charge in [0.1, 0.15) is 6.54 Å². The van der Waals surface area contributed by atoms with Gasteiger partial charge < -0.3 is 4.74 Å². The summed E-state index contributed by atoms with van der Waals surface area (Å²) in [7, 11) is -4.76. The number of hydrogen-bond acceptors (Lipinski definition) is 3. The van der Waals surface area contributed by atoms with E-state index >= 15 is 0 Å². The average Bonchev–Trinajstić information content (AvgIpc) is 2.52. The molecule has 0 aliphatic carbocycles. The Kier molecular flexibility index (Phi) is 5.69. The quantitative estimate of drug-likeness (QED) is 0.739. The van der Waals surface area contributed by atoms with Gasteiger partial charge in [-0.15, -0.1) is 0 Å². The van der Waals surface area contributed by atoms with E-state index in [0.29, 0.717) is 12.1 Å². The molecule has 142 valence electrons. The largest absolute Gasteiger partial charge is 0.416 e. The van der Waals surface area contributed by atoms with E-state index < -0.39 is 45.4 Å². The van der Waals surface area contributed by atoms with E-state index in [4.69, 9.17) is 4.74 Å². The second kappa shape index (κ2) is 7.12. The van der Waals surface area contributed by atoms with E-state index in [1.165, 1.54) is 0 Å². The Morgan fingerprint density at radius 2 is 1.68 bits per heavy atom. The molecule has 0 atom stereocenters.